The summed E-state index contributed by atoms with van der Waals surface area (Å²) in [5.41, 5.74) is 3.46. The topological polar surface area (TPSA) is 91.4 Å². The van der Waals surface area contributed by atoms with Crippen molar-refractivity contribution in [3.8, 4) is 28.1 Å². The normalized spacial score (nSPS) is 11.5. The Balaban J connectivity index is 1.96. The second-order valence-electron chi connectivity index (χ2n) is 8.36. The lowest BCUT2D eigenvalue weighted by Gasteiger charge is -2.14. The number of hydrogen-bond acceptors (Lipinski definition) is 5. The maximum atomic E-state index is 14.2. The Bertz CT molecular complexity index is 1690. The van der Waals surface area contributed by atoms with Gasteiger partial charge in [0.1, 0.15) is 5.75 Å². The first-order valence-corrected chi connectivity index (χ1v) is 12.6. The van der Waals surface area contributed by atoms with Crippen LogP contribution in [0.4, 0.5) is 5.69 Å². The highest BCUT2D eigenvalue weighted by molar-refractivity contribution is 7.90. The van der Waals surface area contributed by atoms with Crippen molar-refractivity contribution in [2.45, 2.75) is 11.8 Å². The van der Waals surface area contributed by atoms with Gasteiger partial charge in [-0.05, 0) is 55.0 Å². The van der Waals surface area contributed by atoms with Gasteiger partial charge in [-0.1, -0.05) is 48.0 Å². The van der Waals surface area contributed by atoms with Crippen molar-refractivity contribution in [1.82, 2.24) is 3.97 Å². The lowest BCUT2D eigenvalue weighted by molar-refractivity contribution is -0.384. The predicted molar refractivity (Wildman–Crippen MR) is 140 cm³/mol. The highest BCUT2D eigenvalue weighted by atomic mass is 32.2. The number of hydrogen-bond donors (Lipinski definition) is 0. The summed E-state index contributed by atoms with van der Waals surface area (Å²) in [5, 5.41) is 12.2. The summed E-state index contributed by atoms with van der Waals surface area (Å²) >= 11 is 0. The molecule has 0 unspecified atom stereocenters. The molecule has 1 heterocycles. The number of nitrogens with zero attached hydrogens (tertiary/aromatic N) is 2. The maximum absolute atomic E-state index is 14.2. The van der Waals surface area contributed by atoms with E-state index < -0.39 is 14.9 Å². The minimum atomic E-state index is -4.14. The van der Waals surface area contributed by atoms with Gasteiger partial charge in [0, 0.05) is 28.6 Å². The summed E-state index contributed by atoms with van der Waals surface area (Å²) in [4.78, 5) is 11.2. The first kappa shape index (κ1) is 23.3. The molecule has 0 atom stereocenters. The molecule has 5 aromatic rings. The molecule has 0 aliphatic heterocycles. The number of methoxy groups -OCH3 is 1. The number of aromatic nitrogens is 1. The Morgan fingerprint density at radius 3 is 2.11 bits per heavy atom. The molecule has 0 bridgehead atoms. The van der Waals surface area contributed by atoms with Crippen LogP contribution in [0.15, 0.2) is 102 Å². The van der Waals surface area contributed by atoms with Crippen molar-refractivity contribution in [2.75, 3.05) is 7.11 Å². The van der Waals surface area contributed by atoms with Crippen LogP contribution >= 0.6 is 0 Å². The Kier molecular flexibility index (Phi) is 5.81. The maximum Gasteiger partial charge on any atom is 0.271 e. The zero-order chi connectivity index (χ0) is 25.4. The standard InChI is InChI=1S/C28H22N2O5S/c1-19-8-15-24(16-9-19)36(33,34)29-26-18-22(30(31)32)12-17-25(26)27(20-6-4-3-5-7-20)28(29)21-10-13-23(35-2)14-11-21/h3-18H,1-2H3. The molecule has 0 spiro atoms. The van der Waals surface area contributed by atoms with Crippen LogP contribution in [0, 0.1) is 17.0 Å². The van der Waals surface area contributed by atoms with Gasteiger partial charge in [-0.3, -0.25) is 10.1 Å². The van der Waals surface area contributed by atoms with Gasteiger partial charge >= 0.3 is 0 Å². The van der Waals surface area contributed by atoms with Crippen LogP contribution in [0.1, 0.15) is 5.56 Å². The average Bonchev–Trinajstić information content (AvgIpc) is 3.24. The van der Waals surface area contributed by atoms with Crippen molar-refractivity contribution in [2.24, 2.45) is 0 Å². The number of aryl methyl sites for hydroxylation is 1. The fourth-order valence-corrected chi connectivity index (χ4v) is 5.87. The molecule has 0 aliphatic carbocycles. The average molecular weight is 499 g/mol. The van der Waals surface area contributed by atoms with Crippen LogP contribution in [0.5, 0.6) is 5.75 Å². The molecule has 0 saturated heterocycles. The van der Waals surface area contributed by atoms with E-state index in [1.807, 2.05) is 37.3 Å². The van der Waals surface area contributed by atoms with Gasteiger partial charge in [0.05, 0.1) is 28.1 Å². The molecular formula is C28H22N2O5S. The van der Waals surface area contributed by atoms with E-state index in [0.29, 0.717) is 28.0 Å². The molecule has 0 amide bonds. The summed E-state index contributed by atoms with van der Waals surface area (Å²) in [6.07, 6.45) is 0. The van der Waals surface area contributed by atoms with Crippen LogP contribution in [0.3, 0.4) is 0 Å². The second kappa shape index (κ2) is 8.98. The third-order valence-electron chi connectivity index (χ3n) is 6.11. The third-order valence-corrected chi connectivity index (χ3v) is 7.83. The highest BCUT2D eigenvalue weighted by Gasteiger charge is 2.29. The molecular weight excluding hydrogens is 476 g/mol. The van der Waals surface area contributed by atoms with E-state index in [1.54, 1.807) is 61.7 Å². The Hall–Kier alpha value is -4.43. The second-order valence-corrected chi connectivity index (χ2v) is 10.1. The summed E-state index contributed by atoms with van der Waals surface area (Å²) in [6, 6.07) is 27.4. The molecule has 0 fully saturated rings. The Labute approximate surface area is 208 Å². The number of nitro benzene ring substituents is 1. The molecule has 0 radical (unpaired) electrons. The molecule has 1 aromatic heterocycles. The SMILES string of the molecule is COc1ccc(-c2c(-c3ccccc3)c3ccc([N+](=O)[O-])cc3n2S(=O)(=O)c2ccc(C)cc2)cc1. The summed E-state index contributed by atoms with van der Waals surface area (Å²) < 4.78 is 34.9. The largest absolute Gasteiger partial charge is 0.497 e. The van der Waals surface area contributed by atoms with Gasteiger partial charge in [0.15, 0.2) is 0 Å². The predicted octanol–water partition coefficient (Wildman–Crippen LogP) is 6.44. The van der Waals surface area contributed by atoms with E-state index in [9.17, 15) is 18.5 Å². The Morgan fingerprint density at radius 2 is 1.50 bits per heavy atom. The Morgan fingerprint density at radius 1 is 0.833 bits per heavy atom. The molecule has 5 rings (SSSR count). The lowest BCUT2D eigenvalue weighted by atomic mass is 9.98. The van der Waals surface area contributed by atoms with Gasteiger partial charge in [0.2, 0.25) is 0 Å². The first-order valence-electron chi connectivity index (χ1n) is 11.2. The molecule has 8 heteroatoms. The van der Waals surface area contributed by atoms with Crippen molar-refractivity contribution in [1.29, 1.82) is 0 Å². The molecule has 7 nitrogen and oxygen atoms in total. The minimum absolute atomic E-state index is 0.0888. The fourth-order valence-electron chi connectivity index (χ4n) is 4.34. The lowest BCUT2D eigenvalue weighted by Crippen LogP contribution is -2.14. The van der Waals surface area contributed by atoms with Crippen LogP contribution in [0.2, 0.25) is 0 Å². The number of ether oxygens (including phenoxy) is 1. The van der Waals surface area contributed by atoms with Crippen molar-refractivity contribution in [3.63, 3.8) is 0 Å². The van der Waals surface area contributed by atoms with Gasteiger partial charge in [0.25, 0.3) is 15.7 Å². The molecule has 0 N–H and O–H groups in total. The summed E-state index contributed by atoms with van der Waals surface area (Å²) in [5.74, 6) is 0.625. The number of nitro groups is 1. The van der Waals surface area contributed by atoms with E-state index in [4.69, 9.17) is 4.74 Å². The van der Waals surface area contributed by atoms with Gasteiger partial charge in [-0.2, -0.15) is 0 Å². The highest BCUT2D eigenvalue weighted by Crippen LogP contribution is 2.44. The van der Waals surface area contributed by atoms with Crippen LogP contribution in [0.25, 0.3) is 33.3 Å². The molecule has 0 saturated carbocycles. The number of benzene rings is 4. The fraction of sp³-hybridized carbons (Fsp3) is 0.0714. The number of fused-ring (bicyclic) bond motifs is 1. The van der Waals surface area contributed by atoms with Crippen molar-refractivity contribution < 1.29 is 18.1 Å². The van der Waals surface area contributed by atoms with E-state index in [1.165, 1.54) is 16.1 Å². The summed E-state index contributed by atoms with van der Waals surface area (Å²) in [7, 11) is -2.59. The quantitative estimate of drug-likeness (QED) is 0.198. The minimum Gasteiger partial charge on any atom is -0.497 e. The zero-order valence-corrected chi connectivity index (χ0v) is 20.4. The van der Waals surface area contributed by atoms with Crippen molar-refractivity contribution >= 4 is 26.6 Å². The van der Waals surface area contributed by atoms with Gasteiger partial charge in [-0.15, -0.1) is 0 Å². The van der Waals surface area contributed by atoms with E-state index in [2.05, 4.69) is 0 Å². The molecule has 4 aromatic carbocycles. The van der Waals surface area contributed by atoms with E-state index in [-0.39, 0.29) is 16.1 Å². The van der Waals surface area contributed by atoms with Gasteiger partial charge < -0.3 is 4.74 Å². The summed E-state index contributed by atoms with van der Waals surface area (Å²) in [6.45, 7) is 1.88. The van der Waals surface area contributed by atoms with Crippen LogP contribution in [-0.2, 0) is 10.0 Å². The number of rotatable bonds is 6. The van der Waals surface area contributed by atoms with Crippen LogP contribution < -0.4 is 4.74 Å². The third kappa shape index (κ3) is 3.91. The smallest absolute Gasteiger partial charge is 0.271 e. The molecule has 0 aliphatic rings. The monoisotopic (exact) mass is 498 g/mol. The first-order chi connectivity index (χ1) is 17.3. The molecule has 180 valence electrons. The van der Waals surface area contributed by atoms with Crippen molar-refractivity contribution in [3.05, 3.63) is 113 Å². The van der Waals surface area contributed by atoms with E-state index >= 15 is 0 Å². The van der Waals surface area contributed by atoms with Gasteiger partial charge in [-0.25, -0.2) is 12.4 Å². The van der Waals surface area contributed by atoms with Crippen LogP contribution in [-0.4, -0.2) is 24.4 Å². The zero-order valence-electron chi connectivity index (χ0n) is 19.6. The molecule has 36 heavy (non-hydrogen) atoms. The number of non-ortho nitro benzene ring substituents is 1. The van der Waals surface area contributed by atoms with E-state index in [0.717, 1.165) is 11.1 Å².